The molecule has 1 aromatic carbocycles. The summed E-state index contributed by atoms with van der Waals surface area (Å²) < 4.78 is 0. The van der Waals surface area contributed by atoms with Crippen molar-refractivity contribution in [2.45, 2.75) is 6.92 Å². The average molecular weight is 216 g/mol. The lowest BCUT2D eigenvalue weighted by atomic mass is 10.3. The highest BCUT2D eigenvalue weighted by atomic mass is 35.5. The highest BCUT2D eigenvalue weighted by Gasteiger charge is 1.92. The average Bonchev–Trinajstić information content (AvgIpc) is 2.16. The zero-order chi connectivity index (χ0) is 9.68. The Bertz CT molecular complexity index is 290. The summed E-state index contributed by atoms with van der Waals surface area (Å²) in [4.78, 5) is 0. The van der Waals surface area contributed by atoms with Gasteiger partial charge in [-0.15, -0.1) is 0 Å². The minimum atomic E-state index is 0.746. The molecule has 0 saturated carbocycles. The predicted molar refractivity (Wildman–Crippen MR) is 59.6 cm³/mol. The van der Waals surface area contributed by atoms with Crippen LogP contribution in [0.5, 0.6) is 0 Å². The van der Waals surface area contributed by atoms with Gasteiger partial charge in [0.1, 0.15) is 0 Å². The fraction of sp³-hybridized carbons (Fsp3) is 0.200. The summed E-state index contributed by atoms with van der Waals surface area (Å²) in [5, 5.41) is 3.96. The Labute approximate surface area is 88.4 Å². The third-order valence-electron chi connectivity index (χ3n) is 1.60. The maximum atomic E-state index is 5.74. The minimum absolute atomic E-state index is 0.746. The highest BCUT2D eigenvalue weighted by molar-refractivity contribution is 6.30. The first-order valence-electron chi connectivity index (χ1n) is 3.97. The van der Waals surface area contributed by atoms with Gasteiger partial charge in [0.15, 0.2) is 0 Å². The SMILES string of the molecule is C/C(=C/Cl)CNc1ccc(Cl)cc1. The molecule has 0 fully saturated rings. The van der Waals surface area contributed by atoms with Gasteiger partial charge >= 0.3 is 0 Å². The Hall–Kier alpha value is -0.660. The van der Waals surface area contributed by atoms with Gasteiger partial charge in [-0.25, -0.2) is 0 Å². The molecule has 1 nitrogen and oxygen atoms in total. The molecule has 0 heterocycles. The second kappa shape index (κ2) is 5.15. The van der Waals surface area contributed by atoms with Crippen molar-refractivity contribution >= 4 is 28.9 Å². The maximum absolute atomic E-state index is 5.74. The van der Waals surface area contributed by atoms with Gasteiger partial charge in [-0.05, 0) is 36.8 Å². The third-order valence-corrected chi connectivity index (χ3v) is 2.23. The van der Waals surface area contributed by atoms with Crippen LogP contribution >= 0.6 is 23.2 Å². The minimum Gasteiger partial charge on any atom is -0.381 e. The monoisotopic (exact) mass is 215 g/mol. The van der Waals surface area contributed by atoms with Crippen molar-refractivity contribution in [3.05, 3.63) is 40.4 Å². The smallest absolute Gasteiger partial charge is 0.0407 e. The number of hydrogen-bond acceptors (Lipinski definition) is 1. The van der Waals surface area contributed by atoms with E-state index in [0.29, 0.717) is 0 Å². The van der Waals surface area contributed by atoms with E-state index in [1.807, 2.05) is 31.2 Å². The van der Waals surface area contributed by atoms with Gasteiger partial charge in [-0.1, -0.05) is 23.2 Å². The molecule has 0 atom stereocenters. The van der Waals surface area contributed by atoms with Crippen LogP contribution in [-0.4, -0.2) is 6.54 Å². The van der Waals surface area contributed by atoms with Crippen molar-refractivity contribution in [1.29, 1.82) is 0 Å². The summed E-state index contributed by atoms with van der Waals surface area (Å²) in [5.74, 6) is 0. The molecule has 0 bridgehead atoms. The molecule has 0 spiro atoms. The predicted octanol–water partition coefficient (Wildman–Crippen LogP) is 3.89. The van der Waals surface area contributed by atoms with Crippen LogP contribution < -0.4 is 5.32 Å². The molecular weight excluding hydrogens is 205 g/mol. The van der Waals surface area contributed by atoms with Crippen molar-refractivity contribution in [2.24, 2.45) is 0 Å². The molecule has 0 unspecified atom stereocenters. The number of benzene rings is 1. The molecule has 0 radical (unpaired) electrons. The van der Waals surface area contributed by atoms with Gasteiger partial charge in [-0.3, -0.25) is 0 Å². The van der Waals surface area contributed by atoms with E-state index in [-0.39, 0.29) is 0 Å². The number of halogens is 2. The largest absolute Gasteiger partial charge is 0.381 e. The number of rotatable bonds is 3. The zero-order valence-electron chi connectivity index (χ0n) is 7.35. The van der Waals surface area contributed by atoms with Crippen molar-refractivity contribution in [2.75, 3.05) is 11.9 Å². The molecule has 3 heteroatoms. The molecule has 13 heavy (non-hydrogen) atoms. The van der Waals surface area contributed by atoms with Crippen LogP contribution in [0.25, 0.3) is 0 Å². The molecule has 0 aliphatic carbocycles. The summed E-state index contributed by atoms with van der Waals surface area (Å²) in [6.07, 6.45) is 0. The molecule has 0 aliphatic rings. The summed E-state index contributed by atoms with van der Waals surface area (Å²) in [7, 11) is 0. The van der Waals surface area contributed by atoms with E-state index >= 15 is 0 Å². The topological polar surface area (TPSA) is 12.0 Å². The molecular formula is C10H11Cl2N. The summed E-state index contributed by atoms with van der Waals surface area (Å²) in [6.45, 7) is 2.72. The van der Waals surface area contributed by atoms with Crippen molar-refractivity contribution in [1.82, 2.24) is 0 Å². The number of hydrogen-bond donors (Lipinski definition) is 1. The summed E-state index contributed by atoms with van der Waals surface area (Å²) in [5.41, 5.74) is 3.71. The van der Waals surface area contributed by atoms with Crippen LogP contribution in [-0.2, 0) is 0 Å². The van der Waals surface area contributed by atoms with Crippen LogP contribution in [0, 0.1) is 0 Å². The lowest BCUT2D eigenvalue weighted by molar-refractivity contribution is 1.21. The Balaban J connectivity index is 2.51. The van der Waals surface area contributed by atoms with Crippen molar-refractivity contribution in [3.8, 4) is 0 Å². The standard InChI is InChI=1S/C10H11Cl2N/c1-8(6-11)7-13-10-4-2-9(12)3-5-10/h2-6,13H,7H2,1H3/b8-6-. The maximum Gasteiger partial charge on any atom is 0.0407 e. The van der Waals surface area contributed by atoms with Crippen molar-refractivity contribution < 1.29 is 0 Å². The second-order valence-corrected chi connectivity index (χ2v) is 3.47. The van der Waals surface area contributed by atoms with Crippen LogP contribution in [0.3, 0.4) is 0 Å². The summed E-state index contributed by atoms with van der Waals surface area (Å²) in [6, 6.07) is 7.57. The van der Waals surface area contributed by atoms with Gasteiger partial charge in [0.2, 0.25) is 0 Å². The molecule has 1 aromatic rings. The van der Waals surface area contributed by atoms with E-state index in [9.17, 15) is 0 Å². The molecule has 70 valence electrons. The van der Waals surface area contributed by atoms with E-state index in [4.69, 9.17) is 23.2 Å². The van der Waals surface area contributed by atoms with Gasteiger partial charge in [0.05, 0.1) is 0 Å². The number of anilines is 1. The first-order valence-corrected chi connectivity index (χ1v) is 4.79. The summed E-state index contributed by atoms with van der Waals surface area (Å²) >= 11 is 11.3. The van der Waals surface area contributed by atoms with E-state index in [1.54, 1.807) is 5.54 Å². The highest BCUT2D eigenvalue weighted by Crippen LogP contribution is 2.13. The zero-order valence-corrected chi connectivity index (χ0v) is 8.86. The fourth-order valence-corrected chi connectivity index (χ4v) is 1.05. The van der Waals surface area contributed by atoms with Crippen LogP contribution in [0.2, 0.25) is 5.02 Å². The van der Waals surface area contributed by atoms with E-state index < -0.39 is 0 Å². The van der Waals surface area contributed by atoms with Crippen LogP contribution in [0.1, 0.15) is 6.92 Å². The van der Waals surface area contributed by atoms with E-state index in [2.05, 4.69) is 5.32 Å². The normalized spacial score (nSPS) is 11.5. The lowest BCUT2D eigenvalue weighted by Crippen LogP contribution is -2.01. The molecule has 0 aliphatic heterocycles. The quantitative estimate of drug-likeness (QED) is 0.807. The van der Waals surface area contributed by atoms with Crippen LogP contribution in [0.15, 0.2) is 35.4 Å². The van der Waals surface area contributed by atoms with Gasteiger partial charge < -0.3 is 5.32 Å². The first kappa shape index (κ1) is 10.4. The van der Waals surface area contributed by atoms with Gasteiger partial charge in [-0.2, -0.15) is 0 Å². The fourth-order valence-electron chi connectivity index (χ4n) is 0.848. The van der Waals surface area contributed by atoms with Gasteiger partial charge in [0.25, 0.3) is 0 Å². The lowest BCUT2D eigenvalue weighted by Gasteiger charge is -2.05. The molecule has 1 rings (SSSR count). The van der Waals surface area contributed by atoms with E-state index in [1.165, 1.54) is 0 Å². The molecule has 0 amide bonds. The Morgan fingerprint density at radius 3 is 2.54 bits per heavy atom. The first-order chi connectivity index (χ1) is 6.22. The molecule has 0 aromatic heterocycles. The molecule has 0 saturated heterocycles. The number of nitrogens with one attached hydrogen (secondary N) is 1. The Morgan fingerprint density at radius 2 is 2.00 bits per heavy atom. The van der Waals surface area contributed by atoms with E-state index in [0.717, 1.165) is 22.8 Å². The van der Waals surface area contributed by atoms with Gasteiger partial charge in [0, 0.05) is 22.8 Å². The Morgan fingerprint density at radius 1 is 1.38 bits per heavy atom. The van der Waals surface area contributed by atoms with Crippen molar-refractivity contribution in [3.63, 3.8) is 0 Å². The second-order valence-electron chi connectivity index (χ2n) is 2.82. The molecule has 1 N–H and O–H groups in total. The van der Waals surface area contributed by atoms with Crippen LogP contribution in [0.4, 0.5) is 5.69 Å². The third kappa shape index (κ3) is 3.71. The Kier molecular flexibility index (Phi) is 4.13.